The van der Waals surface area contributed by atoms with E-state index < -0.39 is 21.3 Å². The summed E-state index contributed by atoms with van der Waals surface area (Å²) in [4.78, 5) is 27.8. The van der Waals surface area contributed by atoms with Crippen LogP contribution < -0.4 is 17.0 Å². The van der Waals surface area contributed by atoms with Crippen molar-refractivity contribution in [1.82, 2.24) is 14.3 Å². The first-order valence-corrected chi connectivity index (χ1v) is 9.07. The Morgan fingerprint density at radius 3 is 2.62 bits per heavy atom. The number of piperidine rings is 1. The number of sulfonamides is 1. The first-order chi connectivity index (χ1) is 11.1. The Hall–Kier alpha value is -1.97. The third-order valence-corrected chi connectivity index (χ3v) is 6.47. The van der Waals surface area contributed by atoms with Crippen LogP contribution in [0.25, 0.3) is 10.9 Å². The molecule has 0 saturated carbocycles. The van der Waals surface area contributed by atoms with Gasteiger partial charge in [-0.3, -0.25) is 9.78 Å². The molecule has 1 aliphatic heterocycles. The molecular weight excluding hydrogens is 332 g/mol. The number of aromatic nitrogens is 2. The SMILES string of the molecule is CC1(C)CN(S(=O)(=O)c2ccc3[nH]c(=O)[nH]c(=O)c3c2)CCC1N. The number of benzene rings is 1. The van der Waals surface area contributed by atoms with Gasteiger partial charge < -0.3 is 10.7 Å². The van der Waals surface area contributed by atoms with E-state index in [1.807, 2.05) is 13.8 Å². The molecular formula is C15H20N4O4S. The zero-order valence-corrected chi connectivity index (χ0v) is 14.3. The van der Waals surface area contributed by atoms with Gasteiger partial charge in [0.25, 0.3) is 5.56 Å². The number of rotatable bonds is 2. The van der Waals surface area contributed by atoms with Crippen LogP contribution in [0.3, 0.4) is 0 Å². The molecule has 8 nitrogen and oxygen atoms in total. The largest absolute Gasteiger partial charge is 0.327 e. The van der Waals surface area contributed by atoms with Crippen LogP contribution in [-0.4, -0.2) is 41.8 Å². The first kappa shape index (κ1) is 16.9. The van der Waals surface area contributed by atoms with Crippen molar-refractivity contribution in [3.05, 3.63) is 39.0 Å². The molecule has 1 aromatic carbocycles. The lowest BCUT2D eigenvalue weighted by molar-refractivity contribution is 0.155. The second-order valence-corrected chi connectivity index (χ2v) is 8.78. The predicted molar refractivity (Wildman–Crippen MR) is 90.3 cm³/mol. The van der Waals surface area contributed by atoms with Crippen molar-refractivity contribution in [1.29, 1.82) is 0 Å². The van der Waals surface area contributed by atoms with Gasteiger partial charge in [0.2, 0.25) is 10.0 Å². The van der Waals surface area contributed by atoms with Crippen LogP contribution in [0, 0.1) is 5.41 Å². The molecule has 0 aliphatic carbocycles. The minimum Gasteiger partial charge on any atom is -0.327 e. The van der Waals surface area contributed by atoms with Gasteiger partial charge in [-0.1, -0.05) is 13.8 Å². The van der Waals surface area contributed by atoms with Gasteiger partial charge >= 0.3 is 5.69 Å². The molecule has 2 heterocycles. The number of fused-ring (bicyclic) bond motifs is 1. The first-order valence-electron chi connectivity index (χ1n) is 7.63. The monoisotopic (exact) mass is 352 g/mol. The molecule has 0 amide bonds. The van der Waals surface area contributed by atoms with E-state index in [1.54, 1.807) is 0 Å². The maximum absolute atomic E-state index is 12.9. The molecule has 1 saturated heterocycles. The van der Waals surface area contributed by atoms with Gasteiger partial charge in [0.15, 0.2) is 0 Å². The topological polar surface area (TPSA) is 129 Å². The lowest BCUT2D eigenvalue weighted by atomic mass is 9.81. The Balaban J connectivity index is 2.06. The number of hydrogen-bond acceptors (Lipinski definition) is 5. The van der Waals surface area contributed by atoms with Crippen LogP contribution >= 0.6 is 0 Å². The number of hydrogen-bond donors (Lipinski definition) is 3. The third kappa shape index (κ3) is 2.79. The second-order valence-electron chi connectivity index (χ2n) is 6.84. The highest BCUT2D eigenvalue weighted by molar-refractivity contribution is 7.89. The quantitative estimate of drug-likeness (QED) is 0.699. The average Bonchev–Trinajstić information content (AvgIpc) is 2.49. The van der Waals surface area contributed by atoms with Crippen molar-refractivity contribution in [2.75, 3.05) is 13.1 Å². The summed E-state index contributed by atoms with van der Waals surface area (Å²) >= 11 is 0. The van der Waals surface area contributed by atoms with Gasteiger partial charge in [0, 0.05) is 19.1 Å². The van der Waals surface area contributed by atoms with Gasteiger partial charge in [-0.15, -0.1) is 0 Å². The number of H-pyrrole nitrogens is 2. The van der Waals surface area contributed by atoms with Crippen LogP contribution in [0.4, 0.5) is 0 Å². The second kappa shape index (κ2) is 5.54. The van der Waals surface area contributed by atoms with Gasteiger partial charge in [-0.25, -0.2) is 13.2 Å². The highest BCUT2D eigenvalue weighted by Crippen LogP contribution is 2.31. The summed E-state index contributed by atoms with van der Waals surface area (Å²) < 4.78 is 27.2. The van der Waals surface area contributed by atoms with Crippen LogP contribution in [0.15, 0.2) is 32.7 Å². The van der Waals surface area contributed by atoms with Crippen molar-refractivity contribution >= 4 is 20.9 Å². The average molecular weight is 352 g/mol. The van der Waals surface area contributed by atoms with Crippen LogP contribution in [-0.2, 0) is 10.0 Å². The van der Waals surface area contributed by atoms with Crippen LogP contribution in [0.5, 0.6) is 0 Å². The van der Waals surface area contributed by atoms with Crippen molar-refractivity contribution in [2.24, 2.45) is 11.1 Å². The third-order valence-electron chi connectivity index (χ3n) is 4.63. The Kier molecular flexibility index (Phi) is 3.89. The van der Waals surface area contributed by atoms with E-state index in [4.69, 9.17) is 5.73 Å². The number of nitrogens with zero attached hydrogens (tertiary/aromatic N) is 1. The summed E-state index contributed by atoms with van der Waals surface area (Å²) in [6.45, 7) is 4.54. The molecule has 0 radical (unpaired) electrons. The van der Waals surface area contributed by atoms with E-state index in [0.717, 1.165) is 0 Å². The molecule has 0 spiro atoms. The van der Waals surface area contributed by atoms with Gasteiger partial charge in [-0.2, -0.15) is 4.31 Å². The van der Waals surface area contributed by atoms with E-state index in [9.17, 15) is 18.0 Å². The molecule has 1 aliphatic rings. The zero-order valence-electron chi connectivity index (χ0n) is 13.5. The fourth-order valence-electron chi connectivity index (χ4n) is 2.98. The van der Waals surface area contributed by atoms with Gasteiger partial charge in [0.05, 0.1) is 15.8 Å². The Labute approximate surface area is 138 Å². The minimum absolute atomic E-state index is 0.0267. The molecule has 4 N–H and O–H groups in total. The molecule has 130 valence electrons. The summed E-state index contributed by atoms with van der Waals surface area (Å²) in [6, 6.07) is 4.06. The molecule has 2 aromatic rings. The predicted octanol–water partition coefficient (Wildman–Crippen LogP) is -0.0357. The van der Waals surface area contributed by atoms with Crippen molar-refractivity contribution < 1.29 is 8.42 Å². The summed E-state index contributed by atoms with van der Waals surface area (Å²) in [5, 5.41) is 0.128. The van der Waals surface area contributed by atoms with E-state index in [0.29, 0.717) is 25.0 Å². The summed E-state index contributed by atoms with van der Waals surface area (Å²) in [5.74, 6) is 0. The summed E-state index contributed by atoms with van der Waals surface area (Å²) in [5.41, 5.74) is 4.78. The fraction of sp³-hybridized carbons (Fsp3) is 0.467. The number of nitrogens with two attached hydrogens (primary N) is 1. The summed E-state index contributed by atoms with van der Waals surface area (Å²) in [7, 11) is -3.74. The fourth-order valence-corrected chi connectivity index (χ4v) is 4.64. The zero-order chi connectivity index (χ0) is 17.7. The maximum atomic E-state index is 12.9. The molecule has 0 bridgehead atoms. The van der Waals surface area contributed by atoms with Gasteiger partial charge in [-0.05, 0) is 30.0 Å². The Bertz CT molecular complexity index is 1010. The minimum atomic E-state index is -3.74. The Morgan fingerprint density at radius 1 is 1.25 bits per heavy atom. The van der Waals surface area contributed by atoms with Crippen molar-refractivity contribution in [2.45, 2.75) is 31.2 Å². The normalized spacial score (nSPS) is 21.9. The van der Waals surface area contributed by atoms with Crippen molar-refractivity contribution in [3.63, 3.8) is 0 Å². The van der Waals surface area contributed by atoms with Gasteiger partial charge in [0.1, 0.15) is 0 Å². The number of aromatic amines is 2. The molecule has 1 fully saturated rings. The number of nitrogens with one attached hydrogen (secondary N) is 2. The summed E-state index contributed by atoms with van der Waals surface area (Å²) in [6.07, 6.45) is 0.577. The van der Waals surface area contributed by atoms with E-state index in [1.165, 1.54) is 22.5 Å². The molecule has 3 rings (SSSR count). The van der Waals surface area contributed by atoms with Crippen molar-refractivity contribution in [3.8, 4) is 0 Å². The molecule has 24 heavy (non-hydrogen) atoms. The van der Waals surface area contributed by atoms with E-state index >= 15 is 0 Å². The van der Waals surface area contributed by atoms with E-state index in [2.05, 4.69) is 9.97 Å². The molecule has 1 unspecified atom stereocenters. The Morgan fingerprint density at radius 2 is 1.96 bits per heavy atom. The van der Waals surface area contributed by atoms with Crippen LogP contribution in [0.1, 0.15) is 20.3 Å². The molecule has 9 heteroatoms. The van der Waals surface area contributed by atoms with E-state index in [-0.39, 0.29) is 21.7 Å². The lowest BCUT2D eigenvalue weighted by Gasteiger charge is -2.41. The molecule has 1 atom stereocenters. The highest BCUT2D eigenvalue weighted by Gasteiger charge is 2.38. The van der Waals surface area contributed by atoms with Crippen LogP contribution in [0.2, 0.25) is 0 Å². The maximum Gasteiger partial charge on any atom is 0.326 e. The highest BCUT2D eigenvalue weighted by atomic mass is 32.2. The smallest absolute Gasteiger partial charge is 0.326 e. The lowest BCUT2D eigenvalue weighted by Crippen LogP contribution is -2.53. The molecule has 1 aromatic heterocycles. The standard InChI is InChI=1S/C15H20N4O4S/c1-15(2)8-19(6-5-12(15)16)24(22,23)9-3-4-11-10(7-9)13(20)18-14(21)17-11/h3-4,7,12H,5-6,8,16H2,1-2H3,(H2,17,18,20,21).